The Bertz CT molecular complexity index is 1510. The van der Waals surface area contributed by atoms with Gasteiger partial charge >= 0.3 is 0 Å². The quantitative estimate of drug-likeness (QED) is 0.254. The van der Waals surface area contributed by atoms with Crippen molar-refractivity contribution >= 4 is 16.9 Å². The Labute approximate surface area is 206 Å². The van der Waals surface area contributed by atoms with Gasteiger partial charge in [-0.05, 0) is 46.2 Å². The van der Waals surface area contributed by atoms with E-state index in [-0.39, 0.29) is 17.8 Å². The SMILES string of the molecule is FC1=C(F)C(c2nc3ccn(Cc4ccc(-c5ccc(-c6cccs6)cc5)cc4)cc-3n2)=CCC1. The van der Waals surface area contributed by atoms with Crippen molar-refractivity contribution < 1.29 is 8.78 Å². The Morgan fingerprint density at radius 3 is 2.29 bits per heavy atom. The van der Waals surface area contributed by atoms with E-state index >= 15 is 0 Å². The Morgan fingerprint density at radius 1 is 0.829 bits per heavy atom. The summed E-state index contributed by atoms with van der Waals surface area (Å²) in [7, 11) is 0. The standard InChI is InChI=1S/C29H21F2N3S/c30-24-4-1-3-23(28(24)31)29-32-25-14-15-34(18-26(25)33-29)17-19-6-8-20(9-7-19)21-10-12-22(13-11-21)27-5-2-16-35-27/h2-3,5-16,18H,1,4,17H2. The lowest BCUT2D eigenvalue weighted by molar-refractivity contribution is 0.520. The molecule has 172 valence electrons. The molecule has 0 fully saturated rings. The van der Waals surface area contributed by atoms with E-state index in [1.165, 1.54) is 21.6 Å². The molecule has 0 saturated heterocycles. The molecule has 0 unspecified atom stereocenters. The van der Waals surface area contributed by atoms with Gasteiger partial charge < -0.3 is 4.57 Å². The van der Waals surface area contributed by atoms with Crippen molar-refractivity contribution in [3.8, 4) is 33.0 Å². The van der Waals surface area contributed by atoms with Gasteiger partial charge in [0.15, 0.2) is 11.7 Å². The lowest BCUT2D eigenvalue weighted by Gasteiger charge is -2.09. The largest absolute Gasteiger partial charge is 0.348 e. The molecule has 0 amide bonds. The number of nitrogens with zero attached hydrogens (tertiary/aromatic N) is 3. The highest BCUT2D eigenvalue weighted by atomic mass is 32.1. The maximum Gasteiger partial charge on any atom is 0.165 e. The molecule has 3 heterocycles. The topological polar surface area (TPSA) is 30.7 Å². The van der Waals surface area contributed by atoms with Gasteiger partial charge in [0, 0.05) is 30.2 Å². The molecule has 6 rings (SSSR count). The van der Waals surface area contributed by atoms with Crippen LogP contribution in [0.1, 0.15) is 24.2 Å². The molecule has 1 aromatic heterocycles. The number of pyridine rings is 1. The third-order valence-corrected chi connectivity index (χ3v) is 7.12. The fourth-order valence-electron chi connectivity index (χ4n) is 4.33. The monoisotopic (exact) mass is 481 g/mol. The van der Waals surface area contributed by atoms with Crippen LogP contribution < -0.4 is 0 Å². The van der Waals surface area contributed by atoms with Crippen LogP contribution in [0.3, 0.4) is 0 Å². The third kappa shape index (κ3) is 4.33. The third-order valence-electron chi connectivity index (χ3n) is 6.20. The molecule has 0 saturated carbocycles. The second kappa shape index (κ2) is 9.04. The normalized spacial score (nSPS) is 13.9. The highest BCUT2D eigenvalue weighted by Crippen LogP contribution is 2.34. The van der Waals surface area contributed by atoms with Crippen LogP contribution in [0.25, 0.3) is 38.5 Å². The smallest absolute Gasteiger partial charge is 0.165 e. The average molecular weight is 482 g/mol. The van der Waals surface area contributed by atoms with Crippen molar-refractivity contribution in [3.05, 3.63) is 114 Å². The minimum Gasteiger partial charge on any atom is -0.348 e. The fraction of sp³-hybridized carbons (Fsp3) is 0.103. The Balaban J connectivity index is 1.19. The summed E-state index contributed by atoms with van der Waals surface area (Å²) in [5, 5.41) is 2.09. The highest BCUT2D eigenvalue weighted by molar-refractivity contribution is 7.13. The number of hydrogen-bond donors (Lipinski definition) is 0. The van der Waals surface area contributed by atoms with Crippen LogP contribution in [-0.4, -0.2) is 14.5 Å². The number of thiophene rings is 1. The van der Waals surface area contributed by atoms with Crippen molar-refractivity contribution in [1.82, 2.24) is 14.5 Å². The number of hydrogen-bond acceptors (Lipinski definition) is 3. The van der Waals surface area contributed by atoms with Gasteiger partial charge in [-0.1, -0.05) is 60.7 Å². The second-order valence-electron chi connectivity index (χ2n) is 8.56. The molecule has 3 nitrogen and oxygen atoms in total. The first kappa shape index (κ1) is 21.6. The zero-order chi connectivity index (χ0) is 23.8. The molecule has 0 spiro atoms. The summed E-state index contributed by atoms with van der Waals surface area (Å²) >= 11 is 1.74. The van der Waals surface area contributed by atoms with E-state index in [1.54, 1.807) is 17.4 Å². The predicted molar refractivity (Wildman–Crippen MR) is 137 cm³/mol. The van der Waals surface area contributed by atoms with Gasteiger partial charge in [0.05, 0.1) is 11.3 Å². The summed E-state index contributed by atoms with van der Waals surface area (Å²) in [6, 6.07) is 23.2. The van der Waals surface area contributed by atoms with Gasteiger partial charge in [-0.3, -0.25) is 0 Å². The summed E-state index contributed by atoms with van der Waals surface area (Å²) in [6.45, 7) is 0.668. The number of halogens is 2. The summed E-state index contributed by atoms with van der Waals surface area (Å²) in [6.07, 6.45) is 6.03. The summed E-state index contributed by atoms with van der Waals surface area (Å²) in [4.78, 5) is 10.1. The van der Waals surface area contributed by atoms with Crippen LogP contribution in [0.5, 0.6) is 0 Å². The van der Waals surface area contributed by atoms with Crippen LogP contribution in [0.4, 0.5) is 8.78 Å². The van der Waals surface area contributed by atoms with E-state index in [4.69, 9.17) is 0 Å². The van der Waals surface area contributed by atoms with Crippen LogP contribution >= 0.6 is 11.3 Å². The van der Waals surface area contributed by atoms with E-state index in [2.05, 4.69) is 76.0 Å². The minimum atomic E-state index is -0.847. The van der Waals surface area contributed by atoms with Crippen molar-refractivity contribution in [1.29, 1.82) is 0 Å². The highest BCUT2D eigenvalue weighted by Gasteiger charge is 2.22. The van der Waals surface area contributed by atoms with Crippen molar-refractivity contribution in [3.63, 3.8) is 0 Å². The van der Waals surface area contributed by atoms with Gasteiger partial charge in [0.2, 0.25) is 0 Å². The fourth-order valence-corrected chi connectivity index (χ4v) is 5.07. The lowest BCUT2D eigenvalue weighted by Crippen LogP contribution is -2.00. The number of allylic oxidation sites excluding steroid dienone is 4. The Morgan fingerprint density at radius 2 is 1.54 bits per heavy atom. The Hall–Kier alpha value is -3.90. The number of rotatable bonds is 5. The number of aromatic nitrogens is 3. The molecule has 6 heteroatoms. The van der Waals surface area contributed by atoms with Gasteiger partial charge in [-0.2, -0.15) is 0 Å². The molecular formula is C29H21F2N3S. The van der Waals surface area contributed by atoms with Crippen LogP contribution in [0.15, 0.2) is 102 Å². The summed E-state index contributed by atoms with van der Waals surface area (Å²) in [5.41, 5.74) is 6.20. The molecule has 35 heavy (non-hydrogen) atoms. The number of fused-ring (bicyclic) bond motifs is 1. The lowest BCUT2D eigenvalue weighted by atomic mass is 10.0. The predicted octanol–water partition coefficient (Wildman–Crippen LogP) is 8.15. The van der Waals surface area contributed by atoms with E-state index in [0.29, 0.717) is 24.4 Å². The summed E-state index contributed by atoms with van der Waals surface area (Å²) in [5.74, 6) is -1.34. The van der Waals surface area contributed by atoms with Gasteiger partial charge in [0.1, 0.15) is 11.5 Å². The first-order valence-corrected chi connectivity index (χ1v) is 12.3. The average Bonchev–Trinajstić information content (AvgIpc) is 3.57. The maximum atomic E-state index is 14.2. The van der Waals surface area contributed by atoms with Crippen LogP contribution in [-0.2, 0) is 6.54 Å². The molecule has 3 aromatic rings. The zero-order valence-electron chi connectivity index (χ0n) is 18.8. The van der Waals surface area contributed by atoms with E-state index < -0.39 is 11.7 Å². The van der Waals surface area contributed by atoms with E-state index in [0.717, 1.165) is 5.56 Å². The van der Waals surface area contributed by atoms with Gasteiger partial charge in [0.25, 0.3) is 0 Å². The molecule has 0 N–H and O–H groups in total. The minimum absolute atomic E-state index is 0.0921. The Kier molecular flexibility index (Phi) is 5.58. The first-order valence-electron chi connectivity index (χ1n) is 11.5. The maximum absolute atomic E-state index is 14.2. The molecule has 2 aliphatic heterocycles. The van der Waals surface area contributed by atoms with Crippen molar-refractivity contribution in [2.45, 2.75) is 19.4 Å². The molecule has 1 aliphatic carbocycles. The molecular weight excluding hydrogens is 460 g/mol. The van der Waals surface area contributed by atoms with Crippen LogP contribution in [0, 0.1) is 0 Å². The molecule has 0 atom stereocenters. The molecule has 2 aromatic carbocycles. The van der Waals surface area contributed by atoms with Crippen molar-refractivity contribution in [2.24, 2.45) is 0 Å². The van der Waals surface area contributed by atoms with E-state index in [1.807, 2.05) is 23.0 Å². The number of imidazole rings is 1. The van der Waals surface area contributed by atoms with Gasteiger partial charge in [-0.25, -0.2) is 18.7 Å². The molecule has 0 bridgehead atoms. The van der Waals surface area contributed by atoms with Gasteiger partial charge in [-0.15, -0.1) is 11.3 Å². The van der Waals surface area contributed by atoms with E-state index in [9.17, 15) is 8.78 Å². The van der Waals surface area contributed by atoms with Crippen LogP contribution in [0.2, 0.25) is 0 Å². The zero-order valence-corrected chi connectivity index (χ0v) is 19.6. The molecule has 3 aliphatic rings. The summed E-state index contributed by atoms with van der Waals surface area (Å²) < 4.78 is 29.9. The molecule has 0 radical (unpaired) electrons. The van der Waals surface area contributed by atoms with Crippen molar-refractivity contribution in [2.75, 3.05) is 0 Å². The second-order valence-corrected chi connectivity index (χ2v) is 9.51. The first-order chi connectivity index (χ1) is 17.1. The number of benzene rings is 2.